The first-order valence-corrected chi connectivity index (χ1v) is 7.13. The van der Waals surface area contributed by atoms with Gasteiger partial charge in [-0.15, -0.1) is 0 Å². The topological polar surface area (TPSA) is 35.5 Å². The fraction of sp³-hybridized carbons (Fsp3) is 0.118. The zero-order valence-electron chi connectivity index (χ0n) is 11.8. The molecule has 0 aliphatic heterocycles. The van der Waals surface area contributed by atoms with Gasteiger partial charge in [-0.2, -0.15) is 0 Å². The third kappa shape index (κ3) is 3.95. The Hall–Kier alpha value is -2.07. The normalized spacial score (nSPS) is 10.6. The molecule has 0 amide bonds. The zero-order chi connectivity index (χ0) is 15.2. The van der Waals surface area contributed by atoms with Crippen LogP contribution in [0, 0.1) is 0 Å². The number of rotatable bonds is 5. The van der Waals surface area contributed by atoms with Gasteiger partial charge in [0.05, 0.1) is 14.2 Å². The molecule has 0 saturated heterocycles. The molecule has 0 saturated carbocycles. The number of ketones is 1. The maximum absolute atomic E-state index is 12.2. The summed E-state index contributed by atoms with van der Waals surface area (Å²) in [6, 6.07) is 12.7. The molecular formula is C17H15BrO3. The van der Waals surface area contributed by atoms with Crippen molar-refractivity contribution in [3.8, 4) is 11.5 Å². The largest absolute Gasteiger partial charge is 0.497 e. The summed E-state index contributed by atoms with van der Waals surface area (Å²) in [4.78, 5) is 12.2. The highest BCUT2D eigenvalue weighted by atomic mass is 79.9. The van der Waals surface area contributed by atoms with Crippen molar-refractivity contribution in [3.63, 3.8) is 0 Å². The quantitative estimate of drug-likeness (QED) is 0.595. The molecule has 0 unspecified atom stereocenters. The molecule has 21 heavy (non-hydrogen) atoms. The molecule has 2 rings (SSSR count). The second-order valence-corrected chi connectivity index (χ2v) is 5.23. The molecule has 0 N–H and O–H groups in total. The summed E-state index contributed by atoms with van der Waals surface area (Å²) in [5.41, 5.74) is 1.42. The molecule has 0 spiro atoms. The highest BCUT2D eigenvalue weighted by molar-refractivity contribution is 9.10. The first kappa shape index (κ1) is 15.3. The van der Waals surface area contributed by atoms with E-state index in [1.807, 2.05) is 18.2 Å². The van der Waals surface area contributed by atoms with E-state index in [1.54, 1.807) is 44.6 Å². The van der Waals surface area contributed by atoms with Crippen molar-refractivity contribution in [3.05, 3.63) is 64.1 Å². The van der Waals surface area contributed by atoms with Crippen LogP contribution in [0.1, 0.15) is 15.9 Å². The summed E-state index contributed by atoms with van der Waals surface area (Å²) >= 11 is 3.41. The van der Waals surface area contributed by atoms with E-state index in [1.165, 1.54) is 6.08 Å². The smallest absolute Gasteiger partial charge is 0.185 e. The number of ether oxygens (including phenoxy) is 2. The number of hydrogen-bond donors (Lipinski definition) is 0. The lowest BCUT2D eigenvalue weighted by molar-refractivity contribution is 0.104. The summed E-state index contributed by atoms with van der Waals surface area (Å²) < 4.78 is 11.3. The van der Waals surface area contributed by atoms with Crippen LogP contribution in [0.2, 0.25) is 0 Å². The van der Waals surface area contributed by atoms with E-state index in [-0.39, 0.29) is 5.78 Å². The maximum Gasteiger partial charge on any atom is 0.185 e. The number of carbonyl (C=O) groups is 1. The van der Waals surface area contributed by atoms with Crippen LogP contribution in [-0.4, -0.2) is 20.0 Å². The Labute approximate surface area is 132 Å². The van der Waals surface area contributed by atoms with Crippen molar-refractivity contribution < 1.29 is 14.3 Å². The maximum atomic E-state index is 12.2. The summed E-state index contributed by atoms with van der Waals surface area (Å²) in [5.74, 6) is 1.29. The molecule has 2 aromatic carbocycles. The highest BCUT2D eigenvalue weighted by Gasteiger charge is 2.05. The molecule has 0 aromatic heterocycles. The number of halogens is 1. The lowest BCUT2D eigenvalue weighted by Crippen LogP contribution is -1.95. The lowest BCUT2D eigenvalue weighted by Gasteiger charge is -2.05. The summed E-state index contributed by atoms with van der Waals surface area (Å²) in [7, 11) is 3.18. The van der Waals surface area contributed by atoms with Gasteiger partial charge in [0.25, 0.3) is 0 Å². The summed E-state index contributed by atoms with van der Waals surface area (Å²) in [6.07, 6.45) is 3.27. The fourth-order valence-electron chi connectivity index (χ4n) is 1.87. The van der Waals surface area contributed by atoms with E-state index in [4.69, 9.17) is 9.47 Å². The first-order valence-electron chi connectivity index (χ1n) is 6.34. The van der Waals surface area contributed by atoms with E-state index in [2.05, 4.69) is 15.9 Å². The van der Waals surface area contributed by atoms with E-state index in [0.717, 1.165) is 10.0 Å². The van der Waals surface area contributed by atoms with Crippen LogP contribution in [0.15, 0.2) is 53.0 Å². The van der Waals surface area contributed by atoms with E-state index < -0.39 is 0 Å². The highest BCUT2D eigenvalue weighted by Crippen LogP contribution is 2.24. The first-order chi connectivity index (χ1) is 10.1. The Morgan fingerprint density at radius 3 is 2.62 bits per heavy atom. The summed E-state index contributed by atoms with van der Waals surface area (Å²) in [6.45, 7) is 0. The van der Waals surface area contributed by atoms with Gasteiger partial charge in [0.15, 0.2) is 5.78 Å². The van der Waals surface area contributed by atoms with E-state index in [0.29, 0.717) is 17.1 Å². The van der Waals surface area contributed by atoms with Crippen LogP contribution in [0.5, 0.6) is 11.5 Å². The minimum atomic E-state index is -0.0871. The third-order valence-corrected chi connectivity index (χ3v) is 3.45. The molecule has 0 heterocycles. The SMILES string of the molecule is COc1cccc(C(=O)/C=C/c2cc(Br)ccc2OC)c1. The number of hydrogen-bond acceptors (Lipinski definition) is 3. The standard InChI is InChI=1S/C17H15BrO3/c1-20-15-5-3-4-12(11-15)16(19)8-6-13-10-14(18)7-9-17(13)21-2/h3-11H,1-2H3/b8-6+. The zero-order valence-corrected chi connectivity index (χ0v) is 13.4. The molecule has 0 aliphatic rings. The van der Waals surface area contributed by atoms with Crippen molar-refractivity contribution in [2.75, 3.05) is 14.2 Å². The predicted octanol–water partition coefficient (Wildman–Crippen LogP) is 4.36. The Balaban J connectivity index is 2.24. The fourth-order valence-corrected chi connectivity index (χ4v) is 2.25. The second kappa shape index (κ2) is 7.09. The molecule has 0 radical (unpaired) electrons. The van der Waals surface area contributed by atoms with Gasteiger partial charge < -0.3 is 9.47 Å². The summed E-state index contributed by atoms with van der Waals surface area (Å²) in [5, 5.41) is 0. The Bertz CT molecular complexity index is 677. The van der Waals surface area contributed by atoms with Gasteiger partial charge >= 0.3 is 0 Å². The molecule has 0 bridgehead atoms. The molecule has 0 fully saturated rings. The Morgan fingerprint density at radius 2 is 1.90 bits per heavy atom. The van der Waals surface area contributed by atoms with Crippen LogP contribution >= 0.6 is 15.9 Å². The minimum absolute atomic E-state index is 0.0871. The lowest BCUT2D eigenvalue weighted by atomic mass is 10.1. The van der Waals surface area contributed by atoms with Gasteiger partial charge in [0.2, 0.25) is 0 Å². The van der Waals surface area contributed by atoms with Gasteiger partial charge in [0, 0.05) is 15.6 Å². The number of carbonyl (C=O) groups excluding carboxylic acids is 1. The monoisotopic (exact) mass is 346 g/mol. The average Bonchev–Trinajstić information content (AvgIpc) is 2.52. The van der Waals surface area contributed by atoms with Crippen LogP contribution < -0.4 is 9.47 Å². The molecule has 2 aromatic rings. The van der Waals surface area contributed by atoms with Crippen LogP contribution in [0.3, 0.4) is 0 Å². The van der Waals surface area contributed by atoms with Crippen molar-refractivity contribution in [2.45, 2.75) is 0 Å². The van der Waals surface area contributed by atoms with Gasteiger partial charge in [-0.1, -0.05) is 28.1 Å². The van der Waals surface area contributed by atoms with E-state index in [9.17, 15) is 4.79 Å². The molecule has 0 aliphatic carbocycles. The molecule has 4 heteroatoms. The molecular weight excluding hydrogens is 332 g/mol. The van der Waals surface area contributed by atoms with Gasteiger partial charge in [-0.25, -0.2) is 0 Å². The average molecular weight is 347 g/mol. The predicted molar refractivity (Wildman–Crippen MR) is 87.1 cm³/mol. The van der Waals surface area contributed by atoms with Gasteiger partial charge in [-0.05, 0) is 42.5 Å². The molecule has 3 nitrogen and oxygen atoms in total. The van der Waals surface area contributed by atoms with Crippen molar-refractivity contribution in [1.82, 2.24) is 0 Å². The Morgan fingerprint density at radius 1 is 1.10 bits per heavy atom. The van der Waals surface area contributed by atoms with Crippen molar-refractivity contribution >= 4 is 27.8 Å². The second-order valence-electron chi connectivity index (χ2n) is 4.32. The van der Waals surface area contributed by atoms with Gasteiger partial charge in [-0.3, -0.25) is 4.79 Å². The molecule has 108 valence electrons. The van der Waals surface area contributed by atoms with Crippen molar-refractivity contribution in [1.29, 1.82) is 0 Å². The van der Waals surface area contributed by atoms with Crippen LogP contribution in [0.4, 0.5) is 0 Å². The number of allylic oxidation sites excluding steroid dienone is 1. The van der Waals surface area contributed by atoms with Crippen LogP contribution in [0.25, 0.3) is 6.08 Å². The van der Waals surface area contributed by atoms with Crippen molar-refractivity contribution in [2.24, 2.45) is 0 Å². The van der Waals surface area contributed by atoms with Crippen LogP contribution in [-0.2, 0) is 0 Å². The van der Waals surface area contributed by atoms with E-state index >= 15 is 0 Å². The number of methoxy groups -OCH3 is 2. The van der Waals surface area contributed by atoms with Gasteiger partial charge in [0.1, 0.15) is 11.5 Å². The number of benzene rings is 2. The Kier molecular flexibility index (Phi) is 5.17. The minimum Gasteiger partial charge on any atom is -0.497 e. The molecule has 0 atom stereocenters. The third-order valence-electron chi connectivity index (χ3n) is 2.96.